The number of rotatable bonds is 6. The lowest BCUT2D eigenvalue weighted by atomic mass is 10.1. The molecule has 0 saturated carbocycles. The van der Waals surface area contributed by atoms with E-state index in [0.29, 0.717) is 4.31 Å². The minimum Gasteiger partial charge on any atom is -0.357 e. The average Bonchev–Trinajstić information content (AvgIpc) is 2.93. The summed E-state index contributed by atoms with van der Waals surface area (Å²) in [4.78, 5) is 38.6. The molecule has 3 rings (SSSR count). The van der Waals surface area contributed by atoms with Gasteiger partial charge in [0, 0.05) is 19.2 Å². The molecule has 158 valence electrons. The molecule has 1 N–H and O–H groups in total. The number of carbonyl (C=O) groups excluding carboxylic acids is 3. The van der Waals surface area contributed by atoms with Crippen molar-refractivity contribution in [3.63, 3.8) is 0 Å². The zero-order valence-electron chi connectivity index (χ0n) is 16.3. The summed E-state index contributed by atoms with van der Waals surface area (Å²) in [6, 6.07) is 10.4. The second-order valence-electron chi connectivity index (χ2n) is 6.72. The van der Waals surface area contributed by atoms with Crippen molar-refractivity contribution in [3.8, 4) is 0 Å². The molecule has 1 atom stereocenters. The molecule has 1 heterocycles. The van der Waals surface area contributed by atoms with Crippen molar-refractivity contribution in [2.24, 2.45) is 0 Å². The minimum absolute atomic E-state index is 0.0229. The van der Waals surface area contributed by atoms with Crippen LogP contribution in [0.4, 0.5) is 4.39 Å². The third kappa shape index (κ3) is 3.78. The Morgan fingerprint density at radius 2 is 1.77 bits per heavy atom. The van der Waals surface area contributed by atoms with Crippen LogP contribution in [0, 0.1) is 5.82 Å². The lowest BCUT2D eigenvalue weighted by molar-refractivity contribution is -0.140. The van der Waals surface area contributed by atoms with Gasteiger partial charge in [0.1, 0.15) is 23.3 Å². The molecule has 10 heteroatoms. The van der Waals surface area contributed by atoms with E-state index in [1.54, 1.807) is 6.07 Å². The Kier molecular flexibility index (Phi) is 5.88. The monoisotopic (exact) mass is 433 g/mol. The molecule has 0 radical (unpaired) electrons. The lowest BCUT2D eigenvalue weighted by Gasteiger charge is -2.29. The zero-order valence-corrected chi connectivity index (χ0v) is 17.1. The van der Waals surface area contributed by atoms with Gasteiger partial charge in [0.25, 0.3) is 15.9 Å². The minimum atomic E-state index is -4.20. The molecule has 0 aliphatic carbocycles. The number of carbonyl (C=O) groups is 3. The predicted octanol–water partition coefficient (Wildman–Crippen LogP) is 1.13. The predicted molar refractivity (Wildman–Crippen MR) is 105 cm³/mol. The van der Waals surface area contributed by atoms with Gasteiger partial charge in [0.2, 0.25) is 11.8 Å². The molecule has 2 aromatic carbocycles. The van der Waals surface area contributed by atoms with Crippen molar-refractivity contribution < 1.29 is 27.2 Å². The summed E-state index contributed by atoms with van der Waals surface area (Å²) in [5.74, 6) is -2.72. The first-order valence-electron chi connectivity index (χ1n) is 9.09. The average molecular weight is 433 g/mol. The molecule has 0 saturated heterocycles. The summed E-state index contributed by atoms with van der Waals surface area (Å²) in [6.07, 6.45) is 0. The lowest BCUT2D eigenvalue weighted by Crippen LogP contribution is -2.50. The highest BCUT2D eigenvalue weighted by Crippen LogP contribution is 2.30. The van der Waals surface area contributed by atoms with E-state index in [1.807, 2.05) is 0 Å². The van der Waals surface area contributed by atoms with Crippen molar-refractivity contribution in [2.45, 2.75) is 24.4 Å². The standard InChI is InChI=1S/C20H20FN3O5S/c1-13(19(26)22-2)23(11-14-7-3-5-9-16(14)21)18(25)12-24-20(27)15-8-4-6-10-17(15)30(24,28)29/h3-10,13H,11-12H2,1-2H3,(H,22,26)/t13-/m0/s1. The smallest absolute Gasteiger partial charge is 0.269 e. The van der Waals surface area contributed by atoms with Crippen LogP contribution in [0.2, 0.25) is 0 Å². The van der Waals surface area contributed by atoms with Gasteiger partial charge in [-0.3, -0.25) is 14.4 Å². The highest BCUT2D eigenvalue weighted by molar-refractivity contribution is 7.90. The SMILES string of the molecule is CNC(=O)[C@H](C)N(Cc1ccccc1F)C(=O)CN1C(=O)c2ccccc2S1(=O)=O. The normalized spacial score (nSPS) is 15.4. The van der Waals surface area contributed by atoms with Gasteiger partial charge < -0.3 is 10.2 Å². The molecule has 0 unspecified atom stereocenters. The van der Waals surface area contributed by atoms with Crippen molar-refractivity contribution in [1.29, 1.82) is 0 Å². The van der Waals surface area contributed by atoms with Crippen LogP contribution in [0.1, 0.15) is 22.8 Å². The van der Waals surface area contributed by atoms with E-state index in [0.717, 1.165) is 4.90 Å². The fraction of sp³-hybridized carbons (Fsp3) is 0.250. The van der Waals surface area contributed by atoms with Crippen molar-refractivity contribution >= 4 is 27.7 Å². The maximum absolute atomic E-state index is 14.1. The van der Waals surface area contributed by atoms with Crippen LogP contribution in [-0.2, 0) is 26.2 Å². The number of fused-ring (bicyclic) bond motifs is 1. The quantitative estimate of drug-likeness (QED) is 0.736. The van der Waals surface area contributed by atoms with Gasteiger partial charge in [-0.25, -0.2) is 17.1 Å². The molecule has 3 amide bonds. The van der Waals surface area contributed by atoms with Gasteiger partial charge in [-0.1, -0.05) is 30.3 Å². The van der Waals surface area contributed by atoms with Gasteiger partial charge >= 0.3 is 0 Å². The highest BCUT2D eigenvalue weighted by Gasteiger charge is 2.43. The number of nitrogens with one attached hydrogen (secondary N) is 1. The van der Waals surface area contributed by atoms with Crippen molar-refractivity contribution in [2.75, 3.05) is 13.6 Å². The number of nitrogens with zero attached hydrogens (tertiary/aromatic N) is 2. The van der Waals surface area contributed by atoms with E-state index in [9.17, 15) is 27.2 Å². The third-order valence-corrected chi connectivity index (χ3v) is 6.69. The second-order valence-corrected chi connectivity index (χ2v) is 8.55. The Morgan fingerprint density at radius 1 is 1.13 bits per heavy atom. The molecule has 0 aromatic heterocycles. The zero-order chi connectivity index (χ0) is 22.1. The van der Waals surface area contributed by atoms with Crippen molar-refractivity contribution in [3.05, 3.63) is 65.5 Å². The Bertz CT molecular complexity index is 1120. The number of hydrogen-bond acceptors (Lipinski definition) is 5. The highest BCUT2D eigenvalue weighted by atomic mass is 32.2. The molecule has 2 aromatic rings. The number of amides is 3. The summed E-state index contributed by atoms with van der Waals surface area (Å²) < 4.78 is 40.0. The van der Waals surface area contributed by atoms with E-state index in [-0.39, 0.29) is 22.6 Å². The van der Waals surface area contributed by atoms with Crippen LogP contribution < -0.4 is 5.32 Å². The first kappa shape index (κ1) is 21.4. The summed E-state index contributed by atoms with van der Waals surface area (Å²) in [5, 5.41) is 2.41. The van der Waals surface area contributed by atoms with Gasteiger partial charge in [-0.05, 0) is 25.1 Å². The maximum Gasteiger partial charge on any atom is 0.269 e. The van der Waals surface area contributed by atoms with Crippen LogP contribution in [0.3, 0.4) is 0 Å². The number of hydrogen-bond donors (Lipinski definition) is 1. The van der Waals surface area contributed by atoms with Gasteiger partial charge in [0.05, 0.1) is 5.56 Å². The van der Waals surface area contributed by atoms with Crippen LogP contribution in [-0.4, -0.2) is 55.0 Å². The molecular weight excluding hydrogens is 413 g/mol. The van der Waals surface area contributed by atoms with Crippen LogP contribution in [0.5, 0.6) is 0 Å². The molecule has 1 aliphatic rings. The van der Waals surface area contributed by atoms with E-state index in [1.165, 1.54) is 56.4 Å². The van der Waals surface area contributed by atoms with E-state index >= 15 is 0 Å². The van der Waals surface area contributed by atoms with Gasteiger partial charge in [0.15, 0.2) is 0 Å². The third-order valence-electron chi connectivity index (χ3n) is 4.90. The van der Waals surface area contributed by atoms with Gasteiger partial charge in [-0.2, -0.15) is 0 Å². The Labute approximate surface area is 173 Å². The summed E-state index contributed by atoms with van der Waals surface area (Å²) in [7, 11) is -2.81. The summed E-state index contributed by atoms with van der Waals surface area (Å²) >= 11 is 0. The van der Waals surface area contributed by atoms with Crippen molar-refractivity contribution in [1.82, 2.24) is 14.5 Å². The fourth-order valence-electron chi connectivity index (χ4n) is 3.20. The van der Waals surface area contributed by atoms with E-state index in [4.69, 9.17) is 0 Å². The molecule has 0 bridgehead atoms. The molecule has 30 heavy (non-hydrogen) atoms. The number of sulfonamides is 1. The molecule has 0 fully saturated rings. The fourth-order valence-corrected chi connectivity index (χ4v) is 4.72. The molecule has 8 nitrogen and oxygen atoms in total. The Hall–Kier alpha value is -3.27. The van der Waals surface area contributed by atoms with E-state index < -0.39 is 46.1 Å². The second kappa shape index (κ2) is 8.23. The van der Waals surface area contributed by atoms with Crippen LogP contribution in [0.15, 0.2) is 53.4 Å². The Morgan fingerprint density at radius 3 is 2.40 bits per heavy atom. The van der Waals surface area contributed by atoms with Crippen LogP contribution in [0.25, 0.3) is 0 Å². The first-order valence-corrected chi connectivity index (χ1v) is 10.5. The number of benzene rings is 2. The van der Waals surface area contributed by atoms with Gasteiger partial charge in [-0.15, -0.1) is 0 Å². The largest absolute Gasteiger partial charge is 0.357 e. The molecular formula is C20H20FN3O5S. The molecule has 0 spiro atoms. The number of halogens is 1. The maximum atomic E-state index is 14.1. The van der Waals surface area contributed by atoms with E-state index in [2.05, 4.69) is 5.32 Å². The molecule has 1 aliphatic heterocycles. The first-order chi connectivity index (χ1) is 14.2. The summed E-state index contributed by atoms with van der Waals surface area (Å²) in [6.45, 7) is 0.368. The van der Waals surface area contributed by atoms with Crippen LogP contribution >= 0.6 is 0 Å². The Balaban J connectivity index is 1.91. The summed E-state index contributed by atoms with van der Waals surface area (Å²) in [5.41, 5.74) is 0.130. The number of likely N-dealkylation sites (N-methyl/N-ethyl adjacent to an activating group) is 1. The topological polar surface area (TPSA) is 104 Å².